The zero-order valence-electron chi connectivity index (χ0n) is 15.6. The molecule has 0 aliphatic heterocycles. The molecule has 0 bridgehead atoms. The third-order valence-electron chi connectivity index (χ3n) is 4.50. The molecule has 2 amide bonds. The number of rotatable bonds is 11. The van der Waals surface area contributed by atoms with Crippen LogP contribution in [0.1, 0.15) is 24.8 Å². The van der Waals surface area contributed by atoms with E-state index in [0.717, 1.165) is 16.5 Å². The van der Waals surface area contributed by atoms with Crippen molar-refractivity contribution in [2.75, 3.05) is 13.1 Å². The highest BCUT2D eigenvalue weighted by atomic mass is 16.4. The minimum absolute atomic E-state index is 0.205. The van der Waals surface area contributed by atoms with Crippen LogP contribution in [0.25, 0.3) is 10.9 Å². The van der Waals surface area contributed by atoms with E-state index in [4.69, 9.17) is 11.5 Å². The topological polar surface area (TPSA) is 163 Å². The highest BCUT2D eigenvalue weighted by Gasteiger charge is 2.27. The Kier molecular flexibility index (Phi) is 7.97. The van der Waals surface area contributed by atoms with Gasteiger partial charge in [-0.2, -0.15) is 0 Å². The zero-order chi connectivity index (χ0) is 20.5. The normalized spacial score (nSPS) is 13.1. The van der Waals surface area contributed by atoms with E-state index in [1.807, 2.05) is 24.3 Å². The Balaban J connectivity index is 2.15. The van der Waals surface area contributed by atoms with Crippen LogP contribution in [0.5, 0.6) is 0 Å². The van der Waals surface area contributed by atoms with E-state index in [-0.39, 0.29) is 19.4 Å². The first-order chi connectivity index (χ1) is 13.5. The van der Waals surface area contributed by atoms with Gasteiger partial charge >= 0.3 is 5.97 Å². The van der Waals surface area contributed by atoms with Crippen LogP contribution < -0.4 is 22.1 Å². The van der Waals surface area contributed by atoms with Gasteiger partial charge in [-0.25, -0.2) is 4.79 Å². The Morgan fingerprint density at radius 2 is 1.82 bits per heavy atom. The second kappa shape index (κ2) is 10.4. The zero-order valence-corrected chi connectivity index (χ0v) is 15.6. The van der Waals surface area contributed by atoms with Crippen LogP contribution in [0.2, 0.25) is 0 Å². The summed E-state index contributed by atoms with van der Waals surface area (Å²) in [4.78, 5) is 39.1. The average molecular weight is 389 g/mol. The van der Waals surface area contributed by atoms with Crippen molar-refractivity contribution >= 4 is 28.7 Å². The Hall–Kier alpha value is -2.91. The number of aliphatic carboxylic acids is 1. The summed E-state index contributed by atoms with van der Waals surface area (Å²) in [5.74, 6) is -2.18. The molecule has 9 heteroatoms. The number of H-pyrrole nitrogens is 1. The molecule has 0 saturated heterocycles. The molecule has 8 N–H and O–H groups in total. The lowest BCUT2D eigenvalue weighted by molar-refractivity contribution is -0.142. The van der Waals surface area contributed by atoms with Gasteiger partial charge in [0.25, 0.3) is 0 Å². The summed E-state index contributed by atoms with van der Waals surface area (Å²) in [7, 11) is 0. The summed E-state index contributed by atoms with van der Waals surface area (Å²) in [6.45, 7) is 0.187. The molecular weight excluding hydrogens is 362 g/mol. The van der Waals surface area contributed by atoms with E-state index in [2.05, 4.69) is 15.6 Å². The Morgan fingerprint density at radius 1 is 1.07 bits per heavy atom. The van der Waals surface area contributed by atoms with E-state index in [9.17, 15) is 19.5 Å². The highest BCUT2D eigenvalue weighted by molar-refractivity contribution is 5.92. The standard InChI is InChI=1S/C19H27N5O4/c20-8-4-3-7-15(19(27)28)24-18(26)16(23-17(25)10-21)9-12-11-22-14-6-2-1-5-13(12)14/h1-2,5-6,11,15-16,22H,3-4,7-10,20-21H2,(H,23,25)(H,24,26)(H,27,28)/t15-,16-/m0/s1. The maximum Gasteiger partial charge on any atom is 0.326 e. The maximum absolute atomic E-state index is 12.7. The molecule has 1 aromatic carbocycles. The van der Waals surface area contributed by atoms with Crippen molar-refractivity contribution in [2.24, 2.45) is 11.5 Å². The average Bonchev–Trinajstić information content (AvgIpc) is 3.09. The minimum atomic E-state index is -1.12. The van der Waals surface area contributed by atoms with Crippen molar-refractivity contribution in [1.82, 2.24) is 15.6 Å². The van der Waals surface area contributed by atoms with Crippen LogP contribution in [0.15, 0.2) is 30.5 Å². The summed E-state index contributed by atoms with van der Waals surface area (Å²) in [5, 5.41) is 15.4. The number of hydrogen-bond donors (Lipinski definition) is 6. The van der Waals surface area contributed by atoms with Crippen LogP contribution in [0, 0.1) is 0 Å². The summed E-state index contributed by atoms with van der Waals surface area (Å²) >= 11 is 0. The third kappa shape index (κ3) is 5.80. The molecule has 0 aliphatic rings. The second-order valence-electron chi connectivity index (χ2n) is 6.57. The highest BCUT2D eigenvalue weighted by Crippen LogP contribution is 2.19. The van der Waals surface area contributed by atoms with Crippen LogP contribution >= 0.6 is 0 Å². The molecule has 28 heavy (non-hydrogen) atoms. The number of carboxylic acids is 1. The van der Waals surface area contributed by atoms with Crippen molar-refractivity contribution in [2.45, 2.75) is 37.8 Å². The van der Waals surface area contributed by atoms with Crippen molar-refractivity contribution < 1.29 is 19.5 Å². The first kappa shape index (κ1) is 21.4. The third-order valence-corrected chi connectivity index (χ3v) is 4.50. The number of carbonyl (C=O) groups is 3. The van der Waals surface area contributed by atoms with Crippen molar-refractivity contribution in [3.05, 3.63) is 36.0 Å². The van der Waals surface area contributed by atoms with Crippen LogP contribution in [-0.4, -0.2) is 53.0 Å². The molecule has 0 spiro atoms. The molecule has 0 aliphatic carbocycles. The smallest absolute Gasteiger partial charge is 0.326 e. The number of aromatic nitrogens is 1. The minimum Gasteiger partial charge on any atom is -0.480 e. The van der Waals surface area contributed by atoms with Crippen molar-refractivity contribution in [3.8, 4) is 0 Å². The first-order valence-corrected chi connectivity index (χ1v) is 9.24. The van der Waals surface area contributed by atoms with Gasteiger partial charge in [0, 0.05) is 23.5 Å². The number of para-hydroxylation sites is 1. The number of nitrogens with two attached hydrogens (primary N) is 2. The van der Waals surface area contributed by atoms with E-state index >= 15 is 0 Å². The fourth-order valence-electron chi connectivity index (χ4n) is 3.01. The predicted molar refractivity (Wildman–Crippen MR) is 105 cm³/mol. The fourth-order valence-corrected chi connectivity index (χ4v) is 3.01. The lowest BCUT2D eigenvalue weighted by Crippen LogP contribution is -2.53. The van der Waals surface area contributed by atoms with Gasteiger partial charge in [-0.05, 0) is 37.4 Å². The second-order valence-corrected chi connectivity index (χ2v) is 6.57. The number of carboxylic acid groups (broad SMARTS) is 1. The van der Waals surface area contributed by atoms with Gasteiger partial charge < -0.3 is 32.2 Å². The van der Waals surface area contributed by atoms with E-state index in [0.29, 0.717) is 19.4 Å². The van der Waals surface area contributed by atoms with E-state index < -0.39 is 29.9 Å². The Morgan fingerprint density at radius 3 is 2.50 bits per heavy atom. The number of fused-ring (bicyclic) bond motifs is 1. The van der Waals surface area contributed by atoms with Gasteiger partial charge in [-0.15, -0.1) is 0 Å². The molecule has 2 rings (SSSR count). The molecule has 2 atom stereocenters. The van der Waals surface area contributed by atoms with Gasteiger partial charge in [0.2, 0.25) is 11.8 Å². The van der Waals surface area contributed by atoms with Crippen LogP contribution in [-0.2, 0) is 20.8 Å². The number of aromatic amines is 1. The molecular formula is C19H27N5O4. The molecule has 0 fully saturated rings. The lowest BCUT2D eigenvalue weighted by atomic mass is 10.0. The van der Waals surface area contributed by atoms with Gasteiger partial charge in [-0.3, -0.25) is 9.59 Å². The van der Waals surface area contributed by atoms with Gasteiger partial charge in [-0.1, -0.05) is 18.2 Å². The Labute approximate surface area is 162 Å². The predicted octanol–water partition coefficient (Wildman–Crippen LogP) is -0.148. The van der Waals surface area contributed by atoms with E-state index in [1.165, 1.54) is 0 Å². The molecule has 1 heterocycles. The molecule has 0 radical (unpaired) electrons. The molecule has 2 aromatic rings. The summed E-state index contributed by atoms with van der Waals surface area (Å²) in [6.07, 6.45) is 3.49. The molecule has 0 saturated carbocycles. The van der Waals surface area contributed by atoms with Crippen LogP contribution in [0.4, 0.5) is 0 Å². The molecule has 1 aromatic heterocycles. The maximum atomic E-state index is 12.7. The van der Waals surface area contributed by atoms with Gasteiger partial charge in [0.15, 0.2) is 0 Å². The van der Waals surface area contributed by atoms with Gasteiger partial charge in [0.1, 0.15) is 12.1 Å². The van der Waals surface area contributed by atoms with E-state index in [1.54, 1.807) is 6.20 Å². The molecule has 0 unspecified atom stereocenters. The van der Waals surface area contributed by atoms with Crippen LogP contribution in [0.3, 0.4) is 0 Å². The number of hydrogen-bond acceptors (Lipinski definition) is 5. The van der Waals surface area contributed by atoms with Crippen molar-refractivity contribution in [1.29, 1.82) is 0 Å². The number of amides is 2. The molecule has 152 valence electrons. The number of unbranched alkanes of at least 4 members (excludes halogenated alkanes) is 1. The first-order valence-electron chi connectivity index (χ1n) is 9.24. The SMILES string of the molecule is NCCCC[C@H](NC(=O)[C@H](Cc1c[nH]c2ccccc12)NC(=O)CN)C(=O)O. The Bertz CT molecular complexity index is 820. The number of benzene rings is 1. The fraction of sp³-hybridized carbons (Fsp3) is 0.421. The van der Waals surface area contributed by atoms with Crippen molar-refractivity contribution in [3.63, 3.8) is 0 Å². The quantitative estimate of drug-likeness (QED) is 0.293. The number of carbonyl (C=O) groups excluding carboxylic acids is 2. The summed E-state index contributed by atoms with van der Waals surface area (Å²) < 4.78 is 0. The number of nitrogens with one attached hydrogen (secondary N) is 3. The summed E-state index contributed by atoms with van der Waals surface area (Å²) in [6, 6.07) is 5.61. The lowest BCUT2D eigenvalue weighted by Gasteiger charge is -2.21. The monoisotopic (exact) mass is 389 g/mol. The largest absolute Gasteiger partial charge is 0.480 e. The molecule has 9 nitrogen and oxygen atoms in total. The van der Waals surface area contributed by atoms with Gasteiger partial charge in [0.05, 0.1) is 6.54 Å². The summed E-state index contributed by atoms with van der Waals surface area (Å²) in [5.41, 5.74) is 12.5.